The number of hydrogen-bond acceptors (Lipinski definition) is 3. The molecule has 1 saturated heterocycles. The zero-order valence-corrected chi connectivity index (χ0v) is 12.1. The summed E-state index contributed by atoms with van der Waals surface area (Å²) in [6.45, 7) is 4.07. The van der Waals surface area contributed by atoms with Crippen LogP contribution in [-0.4, -0.2) is 35.9 Å². The van der Waals surface area contributed by atoms with Crippen molar-refractivity contribution in [3.63, 3.8) is 0 Å². The molecule has 1 fully saturated rings. The van der Waals surface area contributed by atoms with Gasteiger partial charge in [-0.25, -0.2) is 0 Å². The monoisotopic (exact) mass is 276 g/mol. The van der Waals surface area contributed by atoms with Crippen molar-refractivity contribution in [3.05, 3.63) is 29.8 Å². The fourth-order valence-corrected chi connectivity index (χ4v) is 2.44. The van der Waals surface area contributed by atoms with Gasteiger partial charge in [0.2, 0.25) is 11.8 Å². The fourth-order valence-electron chi connectivity index (χ4n) is 2.44. The van der Waals surface area contributed by atoms with E-state index in [9.17, 15) is 9.59 Å². The molecule has 1 aromatic carbocycles. The molecule has 2 rings (SSSR count). The number of methoxy groups -OCH3 is 1. The van der Waals surface area contributed by atoms with Gasteiger partial charge in [-0.15, -0.1) is 0 Å². The Morgan fingerprint density at radius 1 is 1.25 bits per heavy atom. The maximum atomic E-state index is 12.3. The Kier molecular flexibility index (Phi) is 4.27. The van der Waals surface area contributed by atoms with Gasteiger partial charge < -0.3 is 15.0 Å². The molecular weight excluding hydrogens is 256 g/mol. The molecule has 1 aliphatic heterocycles. The van der Waals surface area contributed by atoms with Crippen molar-refractivity contribution in [3.8, 4) is 5.75 Å². The molecular formula is C15H20N2O3. The van der Waals surface area contributed by atoms with Crippen LogP contribution in [-0.2, 0) is 16.1 Å². The number of ether oxygens (including phenoxy) is 1. The maximum Gasteiger partial charge on any atom is 0.245 e. The number of nitrogens with zero attached hydrogens (tertiary/aromatic N) is 1. The van der Waals surface area contributed by atoms with Crippen molar-refractivity contribution in [2.45, 2.75) is 38.9 Å². The number of rotatable bonds is 4. The molecule has 108 valence electrons. The van der Waals surface area contributed by atoms with E-state index in [0.29, 0.717) is 13.0 Å². The van der Waals surface area contributed by atoms with Crippen LogP contribution < -0.4 is 10.1 Å². The van der Waals surface area contributed by atoms with Crippen molar-refractivity contribution < 1.29 is 14.3 Å². The topological polar surface area (TPSA) is 58.6 Å². The van der Waals surface area contributed by atoms with Crippen molar-refractivity contribution in [1.82, 2.24) is 10.2 Å². The highest BCUT2D eigenvalue weighted by molar-refractivity contribution is 5.96. The summed E-state index contributed by atoms with van der Waals surface area (Å²) >= 11 is 0. The molecule has 0 unspecified atom stereocenters. The van der Waals surface area contributed by atoms with E-state index in [4.69, 9.17) is 4.74 Å². The quantitative estimate of drug-likeness (QED) is 0.902. The van der Waals surface area contributed by atoms with Gasteiger partial charge in [0, 0.05) is 6.54 Å². The van der Waals surface area contributed by atoms with E-state index in [1.165, 1.54) is 0 Å². The smallest absolute Gasteiger partial charge is 0.245 e. The van der Waals surface area contributed by atoms with Crippen LogP contribution in [0.3, 0.4) is 0 Å². The number of carbonyl (C=O) groups is 2. The molecule has 1 N–H and O–H groups in total. The predicted octanol–water partition coefficient (Wildman–Crippen LogP) is 1.32. The highest BCUT2D eigenvalue weighted by Gasteiger charge is 2.37. The van der Waals surface area contributed by atoms with Crippen LogP contribution in [0.5, 0.6) is 5.75 Å². The lowest BCUT2D eigenvalue weighted by Gasteiger charge is -2.37. The van der Waals surface area contributed by atoms with Gasteiger partial charge in [0.25, 0.3) is 0 Å². The van der Waals surface area contributed by atoms with Gasteiger partial charge in [0.15, 0.2) is 0 Å². The average Bonchev–Trinajstić information content (AvgIpc) is 2.45. The summed E-state index contributed by atoms with van der Waals surface area (Å²) in [5.74, 6) is 0.664. The van der Waals surface area contributed by atoms with E-state index in [1.807, 2.05) is 31.2 Å². The largest absolute Gasteiger partial charge is 0.497 e. The Morgan fingerprint density at radius 2 is 1.90 bits per heavy atom. The van der Waals surface area contributed by atoms with Crippen LogP contribution >= 0.6 is 0 Å². The normalized spacial score (nSPS) is 22.6. The molecule has 1 aromatic rings. The first-order valence-electron chi connectivity index (χ1n) is 6.80. The van der Waals surface area contributed by atoms with Crippen molar-refractivity contribution >= 4 is 11.8 Å². The van der Waals surface area contributed by atoms with E-state index in [-0.39, 0.29) is 17.9 Å². The highest BCUT2D eigenvalue weighted by Crippen LogP contribution is 2.18. The molecule has 2 atom stereocenters. The van der Waals surface area contributed by atoms with E-state index in [1.54, 1.807) is 18.9 Å². The van der Waals surface area contributed by atoms with E-state index in [0.717, 1.165) is 11.3 Å². The number of benzene rings is 1. The lowest BCUT2D eigenvalue weighted by molar-refractivity contribution is -0.149. The second-order valence-electron chi connectivity index (χ2n) is 4.97. The number of carbonyl (C=O) groups excluding carboxylic acids is 2. The third-order valence-corrected chi connectivity index (χ3v) is 3.59. The molecule has 0 aromatic heterocycles. The number of nitrogens with one attached hydrogen (secondary N) is 1. The minimum Gasteiger partial charge on any atom is -0.497 e. The highest BCUT2D eigenvalue weighted by atomic mass is 16.5. The summed E-state index contributed by atoms with van der Waals surface area (Å²) in [4.78, 5) is 25.9. The van der Waals surface area contributed by atoms with Gasteiger partial charge in [-0.1, -0.05) is 19.1 Å². The van der Waals surface area contributed by atoms with Gasteiger partial charge in [-0.05, 0) is 31.0 Å². The molecule has 1 heterocycles. The maximum absolute atomic E-state index is 12.3. The van der Waals surface area contributed by atoms with Crippen molar-refractivity contribution in [2.24, 2.45) is 0 Å². The molecule has 0 radical (unpaired) electrons. The molecule has 0 bridgehead atoms. The van der Waals surface area contributed by atoms with Crippen LogP contribution in [0.25, 0.3) is 0 Å². The van der Waals surface area contributed by atoms with Gasteiger partial charge in [0.05, 0.1) is 7.11 Å². The molecule has 0 aliphatic carbocycles. The average molecular weight is 276 g/mol. The Hall–Kier alpha value is -2.04. The minimum absolute atomic E-state index is 0.0349. The third kappa shape index (κ3) is 2.76. The van der Waals surface area contributed by atoms with Crippen molar-refractivity contribution in [1.29, 1.82) is 0 Å². The van der Waals surface area contributed by atoms with Gasteiger partial charge >= 0.3 is 0 Å². The van der Waals surface area contributed by atoms with Crippen LogP contribution in [0.15, 0.2) is 24.3 Å². The van der Waals surface area contributed by atoms with Crippen LogP contribution in [0, 0.1) is 0 Å². The van der Waals surface area contributed by atoms with Crippen LogP contribution in [0.2, 0.25) is 0 Å². The summed E-state index contributed by atoms with van der Waals surface area (Å²) in [6, 6.07) is 6.69. The number of piperazine rings is 1. The molecule has 5 nitrogen and oxygen atoms in total. The van der Waals surface area contributed by atoms with Crippen molar-refractivity contribution in [2.75, 3.05) is 7.11 Å². The van der Waals surface area contributed by atoms with E-state index >= 15 is 0 Å². The van der Waals surface area contributed by atoms with E-state index in [2.05, 4.69) is 5.32 Å². The standard InChI is InChI=1S/C15H20N2O3/c1-4-13-14(18)16-10(2)15(19)17(13)9-11-5-7-12(20-3)8-6-11/h5-8,10,13H,4,9H2,1-3H3,(H,16,18)/t10-,13+/m0/s1. The summed E-state index contributed by atoms with van der Waals surface area (Å²) in [6.07, 6.45) is 0.612. The predicted molar refractivity (Wildman–Crippen MR) is 75.2 cm³/mol. The summed E-state index contributed by atoms with van der Waals surface area (Å²) in [5.41, 5.74) is 0.986. The molecule has 1 aliphatic rings. The minimum atomic E-state index is -0.455. The molecule has 5 heteroatoms. The molecule has 2 amide bonds. The Bertz CT molecular complexity index is 498. The summed E-state index contributed by atoms with van der Waals surface area (Å²) in [5, 5.41) is 2.71. The fraction of sp³-hybridized carbons (Fsp3) is 0.467. The first-order valence-corrected chi connectivity index (χ1v) is 6.80. The van der Waals surface area contributed by atoms with Gasteiger partial charge in [-0.3, -0.25) is 9.59 Å². The molecule has 0 saturated carbocycles. The van der Waals surface area contributed by atoms with Crippen LogP contribution in [0.1, 0.15) is 25.8 Å². The Labute approximate surface area is 118 Å². The first-order chi connectivity index (χ1) is 9.56. The number of amides is 2. The second kappa shape index (κ2) is 5.94. The molecule has 20 heavy (non-hydrogen) atoms. The Balaban J connectivity index is 2.18. The van der Waals surface area contributed by atoms with Gasteiger partial charge in [-0.2, -0.15) is 0 Å². The first kappa shape index (κ1) is 14.4. The lowest BCUT2D eigenvalue weighted by atomic mass is 10.0. The third-order valence-electron chi connectivity index (χ3n) is 3.59. The zero-order valence-electron chi connectivity index (χ0n) is 12.1. The summed E-state index contributed by atoms with van der Waals surface area (Å²) in [7, 11) is 1.61. The number of hydrogen-bond donors (Lipinski definition) is 1. The van der Waals surface area contributed by atoms with Crippen LogP contribution in [0.4, 0.5) is 0 Å². The molecule has 0 spiro atoms. The summed E-state index contributed by atoms with van der Waals surface area (Å²) < 4.78 is 5.11. The van der Waals surface area contributed by atoms with E-state index < -0.39 is 6.04 Å². The Morgan fingerprint density at radius 3 is 2.45 bits per heavy atom. The SMILES string of the molecule is CC[C@@H]1C(=O)N[C@@H](C)C(=O)N1Cc1ccc(OC)cc1. The lowest BCUT2D eigenvalue weighted by Crippen LogP contribution is -2.61. The second-order valence-corrected chi connectivity index (χ2v) is 4.97. The van der Waals surface area contributed by atoms with Gasteiger partial charge in [0.1, 0.15) is 17.8 Å². The zero-order chi connectivity index (χ0) is 14.7.